The number of carbonyl (C=O) groups excluding carboxylic acids is 4. The SMILES string of the molecule is CCN1C(=O)C(=O)N(CC(=O)Nc2ccc(Br)cc2C)C1=O. The molecule has 1 aliphatic heterocycles. The summed E-state index contributed by atoms with van der Waals surface area (Å²) < 4.78 is 0.872. The molecule has 0 aromatic heterocycles. The van der Waals surface area contributed by atoms with Crippen LogP contribution in [0.15, 0.2) is 22.7 Å². The number of amides is 5. The van der Waals surface area contributed by atoms with E-state index in [1.807, 2.05) is 13.0 Å². The molecule has 1 aromatic rings. The summed E-state index contributed by atoms with van der Waals surface area (Å²) in [5, 5.41) is 2.62. The van der Waals surface area contributed by atoms with Gasteiger partial charge in [-0.15, -0.1) is 0 Å². The third kappa shape index (κ3) is 3.01. The Morgan fingerprint density at radius 3 is 2.36 bits per heavy atom. The van der Waals surface area contributed by atoms with Gasteiger partial charge in [-0.3, -0.25) is 19.3 Å². The van der Waals surface area contributed by atoms with Crippen LogP contribution >= 0.6 is 15.9 Å². The summed E-state index contributed by atoms with van der Waals surface area (Å²) in [4.78, 5) is 48.6. The Morgan fingerprint density at radius 1 is 1.18 bits per heavy atom. The number of rotatable bonds is 4. The Bertz CT molecular complexity index is 674. The molecule has 7 nitrogen and oxygen atoms in total. The second-order valence-electron chi connectivity index (χ2n) is 4.73. The minimum atomic E-state index is -0.977. The molecule has 0 radical (unpaired) electrons. The Balaban J connectivity index is 2.08. The molecule has 0 saturated carbocycles. The number of urea groups is 1. The Morgan fingerprint density at radius 2 is 1.82 bits per heavy atom. The number of hydrogen-bond donors (Lipinski definition) is 1. The van der Waals surface area contributed by atoms with Gasteiger partial charge in [-0.05, 0) is 37.6 Å². The maximum Gasteiger partial charge on any atom is 0.334 e. The van der Waals surface area contributed by atoms with Crippen LogP contribution in [0.4, 0.5) is 10.5 Å². The first kappa shape index (κ1) is 16.2. The molecular formula is C14H14BrN3O4. The van der Waals surface area contributed by atoms with Crippen LogP contribution in [-0.2, 0) is 14.4 Å². The molecule has 1 N–H and O–H groups in total. The van der Waals surface area contributed by atoms with E-state index < -0.39 is 30.3 Å². The highest BCUT2D eigenvalue weighted by Crippen LogP contribution is 2.20. The van der Waals surface area contributed by atoms with E-state index in [0.29, 0.717) is 10.6 Å². The lowest BCUT2D eigenvalue weighted by atomic mass is 10.2. The number of imide groups is 2. The molecular weight excluding hydrogens is 354 g/mol. The maximum absolute atomic E-state index is 12.0. The van der Waals surface area contributed by atoms with Crippen LogP contribution in [0, 0.1) is 6.92 Å². The van der Waals surface area contributed by atoms with E-state index in [-0.39, 0.29) is 6.54 Å². The van der Waals surface area contributed by atoms with Crippen molar-refractivity contribution in [3.63, 3.8) is 0 Å². The highest BCUT2D eigenvalue weighted by molar-refractivity contribution is 9.10. The van der Waals surface area contributed by atoms with Gasteiger partial charge in [0.15, 0.2) is 0 Å². The van der Waals surface area contributed by atoms with E-state index in [2.05, 4.69) is 21.2 Å². The highest BCUT2D eigenvalue weighted by atomic mass is 79.9. The standard InChI is InChI=1S/C14H14BrN3O4/c1-3-17-12(20)13(21)18(14(17)22)7-11(19)16-10-5-4-9(15)6-8(10)2/h4-6H,3,7H2,1-2H3,(H,16,19). The molecule has 1 fully saturated rings. The van der Waals surface area contributed by atoms with E-state index in [1.165, 1.54) is 0 Å². The lowest BCUT2D eigenvalue weighted by Crippen LogP contribution is -2.39. The zero-order chi connectivity index (χ0) is 16.4. The summed E-state index contributed by atoms with van der Waals surface area (Å²) in [6, 6.07) is 4.52. The molecule has 8 heteroatoms. The second-order valence-corrected chi connectivity index (χ2v) is 5.65. The molecule has 0 unspecified atom stereocenters. The number of likely N-dealkylation sites (N-methyl/N-ethyl adjacent to an activating group) is 1. The number of carbonyl (C=O) groups is 4. The molecule has 1 aromatic carbocycles. The number of hydrogen-bond acceptors (Lipinski definition) is 4. The lowest BCUT2D eigenvalue weighted by molar-refractivity contribution is -0.143. The van der Waals surface area contributed by atoms with Crippen molar-refractivity contribution in [1.82, 2.24) is 9.80 Å². The first-order valence-corrected chi connectivity index (χ1v) is 7.37. The minimum Gasteiger partial charge on any atom is -0.324 e. The van der Waals surface area contributed by atoms with Crippen molar-refractivity contribution in [2.75, 3.05) is 18.4 Å². The molecule has 0 bridgehead atoms. The predicted octanol–water partition coefficient (Wildman–Crippen LogP) is 1.51. The van der Waals surface area contributed by atoms with Crippen LogP contribution < -0.4 is 5.32 Å². The molecule has 1 aliphatic rings. The van der Waals surface area contributed by atoms with Gasteiger partial charge >= 0.3 is 17.8 Å². The lowest BCUT2D eigenvalue weighted by Gasteiger charge is -2.14. The average molecular weight is 368 g/mol. The second kappa shape index (κ2) is 6.27. The number of benzene rings is 1. The van der Waals surface area contributed by atoms with Crippen molar-refractivity contribution >= 4 is 45.4 Å². The van der Waals surface area contributed by atoms with Crippen molar-refractivity contribution in [2.45, 2.75) is 13.8 Å². The monoisotopic (exact) mass is 367 g/mol. The molecule has 0 spiro atoms. The first-order valence-electron chi connectivity index (χ1n) is 6.58. The van der Waals surface area contributed by atoms with Crippen LogP contribution in [0.2, 0.25) is 0 Å². The van der Waals surface area contributed by atoms with E-state index in [1.54, 1.807) is 19.1 Å². The zero-order valence-electron chi connectivity index (χ0n) is 12.1. The van der Waals surface area contributed by atoms with Gasteiger partial charge in [0.05, 0.1) is 0 Å². The van der Waals surface area contributed by atoms with Crippen molar-refractivity contribution in [2.24, 2.45) is 0 Å². The zero-order valence-corrected chi connectivity index (χ0v) is 13.6. The van der Waals surface area contributed by atoms with Gasteiger partial charge in [-0.1, -0.05) is 15.9 Å². The van der Waals surface area contributed by atoms with Gasteiger partial charge in [-0.25, -0.2) is 9.69 Å². The molecule has 22 heavy (non-hydrogen) atoms. The van der Waals surface area contributed by atoms with Crippen LogP contribution in [0.25, 0.3) is 0 Å². The van der Waals surface area contributed by atoms with E-state index in [4.69, 9.17) is 0 Å². The van der Waals surface area contributed by atoms with Gasteiger partial charge in [0.2, 0.25) is 5.91 Å². The predicted molar refractivity (Wildman–Crippen MR) is 82.0 cm³/mol. The smallest absolute Gasteiger partial charge is 0.324 e. The normalized spacial score (nSPS) is 14.8. The van der Waals surface area contributed by atoms with Gasteiger partial charge < -0.3 is 5.32 Å². The van der Waals surface area contributed by atoms with Crippen molar-refractivity contribution in [3.8, 4) is 0 Å². The van der Waals surface area contributed by atoms with E-state index in [0.717, 1.165) is 14.9 Å². The van der Waals surface area contributed by atoms with Gasteiger partial charge in [0.25, 0.3) is 0 Å². The number of anilines is 1. The largest absolute Gasteiger partial charge is 0.334 e. The minimum absolute atomic E-state index is 0.0906. The first-order chi connectivity index (χ1) is 10.3. The van der Waals surface area contributed by atoms with Crippen LogP contribution in [-0.4, -0.2) is 46.6 Å². The Labute approximate surface area is 135 Å². The molecule has 0 atom stereocenters. The number of halogens is 1. The molecule has 1 heterocycles. The summed E-state index contributed by atoms with van der Waals surface area (Å²) in [5.74, 6) is -2.42. The van der Waals surface area contributed by atoms with E-state index >= 15 is 0 Å². The van der Waals surface area contributed by atoms with Gasteiger partial charge in [-0.2, -0.15) is 0 Å². The molecule has 2 rings (SSSR count). The average Bonchev–Trinajstić information content (AvgIpc) is 2.66. The van der Waals surface area contributed by atoms with Crippen molar-refractivity contribution < 1.29 is 19.2 Å². The maximum atomic E-state index is 12.0. The van der Waals surface area contributed by atoms with Crippen LogP contribution in [0.1, 0.15) is 12.5 Å². The summed E-state index contributed by atoms with van der Waals surface area (Å²) in [7, 11) is 0. The number of nitrogens with zero attached hydrogens (tertiary/aromatic N) is 2. The molecule has 116 valence electrons. The fourth-order valence-electron chi connectivity index (χ4n) is 2.07. The number of aryl methyl sites for hydroxylation is 1. The summed E-state index contributed by atoms with van der Waals surface area (Å²) in [6.45, 7) is 3.00. The molecule has 0 aliphatic carbocycles. The van der Waals surface area contributed by atoms with Crippen molar-refractivity contribution in [3.05, 3.63) is 28.2 Å². The topological polar surface area (TPSA) is 86.8 Å². The summed E-state index contributed by atoms with van der Waals surface area (Å²) in [5.41, 5.74) is 1.40. The molecule has 1 saturated heterocycles. The Hall–Kier alpha value is -2.22. The third-order valence-electron chi connectivity index (χ3n) is 3.22. The van der Waals surface area contributed by atoms with Crippen molar-refractivity contribution in [1.29, 1.82) is 0 Å². The van der Waals surface area contributed by atoms with Gasteiger partial charge in [0.1, 0.15) is 6.54 Å². The quantitative estimate of drug-likeness (QED) is 0.645. The van der Waals surface area contributed by atoms with Crippen LogP contribution in [0.3, 0.4) is 0 Å². The Kier molecular flexibility index (Phi) is 4.60. The molecule has 5 amide bonds. The highest BCUT2D eigenvalue weighted by Gasteiger charge is 2.44. The third-order valence-corrected chi connectivity index (χ3v) is 3.71. The summed E-state index contributed by atoms with van der Waals surface area (Å²) in [6.07, 6.45) is 0. The fourth-order valence-corrected chi connectivity index (χ4v) is 2.54. The number of nitrogens with one attached hydrogen (secondary N) is 1. The van der Waals surface area contributed by atoms with Crippen LogP contribution in [0.5, 0.6) is 0 Å². The fraction of sp³-hybridized carbons (Fsp3) is 0.286. The summed E-state index contributed by atoms with van der Waals surface area (Å²) >= 11 is 3.32. The van der Waals surface area contributed by atoms with Gasteiger partial charge in [0, 0.05) is 16.7 Å². The van der Waals surface area contributed by atoms with E-state index in [9.17, 15) is 19.2 Å².